The van der Waals surface area contributed by atoms with E-state index in [4.69, 9.17) is 14.2 Å². The summed E-state index contributed by atoms with van der Waals surface area (Å²) in [5, 5.41) is 3.03. The molecule has 5 heteroatoms. The van der Waals surface area contributed by atoms with Gasteiger partial charge in [0.2, 0.25) is 0 Å². The van der Waals surface area contributed by atoms with E-state index in [1.807, 2.05) is 0 Å². The Labute approximate surface area is 99.7 Å². The molecule has 1 aliphatic heterocycles. The molecule has 1 aromatic carbocycles. The van der Waals surface area contributed by atoms with Crippen molar-refractivity contribution in [2.75, 3.05) is 27.9 Å². The fraction of sp³-hybridized carbons (Fsp3) is 0.417. The van der Waals surface area contributed by atoms with Crippen molar-refractivity contribution >= 4 is 5.78 Å². The average molecular weight is 237 g/mol. The van der Waals surface area contributed by atoms with E-state index in [9.17, 15) is 4.79 Å². The molecule has 0 aromatic heterocycles. The first kappa shape index (κ1) is 11.7. The lowest BCUT2D eigenvalue weighted by Gasteiger charge is -2.22. The third-order valence-corrected chi connectivity index (χ3v) is 2.82. The molecule has 0 saturated heterocycles. The third-order valence-electron chi connectivity index (χ3n) is 2.82. The molecule has 0 fully saturated rings. The standard InChI is InChI=1S/C12H15NO4/c1-15-9-4-10(16-2)12(17-3)11-7(9)5-13-6-8(11)14/h4,13H,5-6H2,1-3H3. The molecule has 0 radical (unpaired) electrons. The van der Waals surface area contributed by atoms with Crippen LogP contribution in [0, 0.1) is 0 Å². The van der Waals surface area contributed by atoms with E-state index >= 15 is 0 Å². The highest BCUT2D eigenvalue weighted by Crippen LogP contribution is 2.40. The van der Waals surface area contributed by atoms with Crippen molar-refractivity contribution in [1.82, 2.24) is 5.32 Å². The number of hydrogen-bond acceptors (Lipinski definition) is 5. The van der Waals surface area contributed by atoms with Gasteiger partial charge in [-0.05, 0) is 0 Å². The number of hydrogen-bond donors (Lipinski definition) is 1. The molecule has 1 aromatic rings. The fourth-order valence-corrected chi connectivity index (χ4v) is 2.05. The van der Waals surface area contributed by atoms with Gasteiger partial charge in [-0.2, -0.15) is 0 Å². The molecule has 0 spiro atoms. The number of methoxy groups -OCH3 is 3. The zero-order chi connectivity index (χ0) is 12.4. The monoisotopic (exact) mass is 237 g/mol. The quantitative estimate of drug-likeness (QED) is 0.849. The summed E-state index contributed by atoms with van der Waals surface area (Å²) in [4.78, 5) is 11.9. The topological polar surface area (TPSA) is 56.8 Å². The zero-order valence-electron chi connectivity index (χ0n) is 10.1. The normalized spacial score (nSPS) is 14.2. The van der Waals surface area contributed by atoms with E-state index in [0.717, 1.165) is 5.56 Å². The number of rotatable bonds is 3. The summed E-state index contributed by atoms with van der Waals surface area (Å²) in [6.07, 6.45) is 0. The summed E-state index contributed by atoms with van der Waals surface area (Å²) >= 11 is 0. The first-order chi connectivity index (χ1) is 8.22. The SMILES string of the molecule is COc1cc(OC)c(OC)c2c1CNCC2=O. The largest absolute Gasteiger partial charge is 0.496 e. The van der Waals surface area contributed by atoms with Crippen molar-refractivity contribution < 1.29 is 19.0 Å². The van der Waals surface area contributed by atoms with E-state index in [-0.39, 0.29) is 5.78 Å². The van der Waals surface area contributed by atoms with E-state index in [2.05, 4.69) is 5.32 Å². The third kappa shape index (κ3) is 1.82. The second-order valence-electron chi connectivity index (χ2n) is 3.69. The molecule has 0 saturated carbocycles. The molecule has 1 heterocycles. The van der Waals surface area contributed by atoms with Gasteiger partial charge in [0.25, 0.3) is 0 Å². The minimum absolute atomic E-state index is 0.0136. The summed E-state index contributed by atoms with van der Waals surface area (Å²) < 4.78 is 15.8. The number of carbonyl (C=O) groups excluding carboxylic acids is 1. The molecule has 92 valence electrons. The highest BCUT2D eigenvalue weighted by molar-refractivity contribution is 6.03. The summed E-state index contributed by atoms with van der Waals surface area (Å²) in [6.45, 7) is 0.893. The van der Waals surface area contributed by atoms with Crippen LogP contribution in [-0.2, 0) is 6.54 Å². The van der Waals surface area contributed by atoms with Crippen molar-refractivity contribution in [2.24, 2.45) is 0 Å². The number of nitrogens with one attached hydrogen (secondary N) is 1. The van der Waals surface area contributed by atoms with Crippen LogP contribution in [-0.4, -0.2) is 33.7 Å². The van der Waals surface area contributed by atoms with Crippen molar-refractivity contribution in [3.63, 3.8) is 0 Å². The van der Waals surface area contributed by atoms with Gasteiger partial charge in [0.1, 0.15) is 5.75 Å². The van der Waals surface area contributed by atoms with Crippen LogP contribution in [0.4, 0.5) is 0 Å². The van der Waals surface area contributed by atoms with Gasteiger partial charge in [0.15, 0.2) is 17.3 Å². The lowest BCUT2D eigenvalue weighted by Crippen LogP contribution is -2.30. The minimum atomic E-state index is -0.0136. The minimum Gasteiger partial charge on any atom is -0.496 e. The predicted octanol–water partition coefficient (Wildman–Crippen LogP) is 0.998. The molecule has 0 atom stereocenters. The Kier molecular flexibility index (Phi) is 3.19. The van der Waals surface area contributed by atoms with Crippen LogP contribution >= 0.6 is 0 Å². The molecule has 0 amide bonds. The van der Waals surface area contributed by atoms with Gasteiger partial charge < -0.3 is 19.5 Å². The van der Waals surface area contributed by atoms with Crippen molar-refractivity contribution in [1.29, 1.82) is 0 Å². The number of Topliss-reactive ketones (excluding diaryl/α,β-unsaturated/α-hetero) is 1. The van der Waals surface area contributed by atoms with Crippen LogP contribution in [0.5, 0.6) is 17.2 Å². The molecule has 0 aliphatic carbocycles. The summed E-state index contributed by atoms with van der Waals surface area (Å²) in [6, 6.07) is 1.73. The smallest absolute Gasteiger partial charge is 0.180 e. The first-order valence-electron chi connectivity index (χ1n) is 5.28. The Morgan fingerprint density at radius 2 is 1.76 bits per heavy atom. The lowest BCUT2D eigenvalue weighted by molar-refractivity contribution is 0.0977. The molecule has 0 unspecified atom stereocenters. The first-order valence-corrected chi connectivity index (χ1v) is 5.28. The number of fused-ring (bicyclic) bond motifs is 1. The summed E-state index contributed by atoms with van der Waals surface area (Å²) in [7, 11) is 4.63. The Morgan fingerprint density at radius 3 is 2.35 bits per heavy atom. The Bertz CT molecular complexity index is 434. The highest BCUT2D eigenvalue weighted by atomic mass is 16.5. The van der Waals surface area contributed by atoms with E-state index in [1.54, 1.807) is 13.2 Å². The van der Waals surface area contributed by atoms with Gasteiger partial charge in [0.05, 0.1) is 33.4 Å². The number of ether oxygens (including phenoxy) is 3. The maximum Gasteiger partial charge on any atom is 0.180 e. The molecule has 1 N–H and O–H groups in total. The van der Waals surface area contributed by atoms with Crippen LogP contribution in [0.15, 0.2) is 6.07 Å². The van der Waals surface area contributed by atoms with Crippen LogP contribution in [0.1, 0.15) is 15.9 Å². The molecule has 17 heavy (non-hydrogen) atoms. The summed E-state index contributed by atoms with van der Waals surface area (Å²) in [5.74, 6) is 1.62. The number of carbonyl (C=O) groups is 1. The molecule has 5 nitrogen and oxygen atoms in total. The van der Waals surface area contributed by atoms with Gasteiger partial charge in [-0.1, -0.05) is 0 Å². The predicted molar refractivity (Wildman–Crippen MR) is 62.1 cm³/mol. The van der Waals surface area contributed by atoms with Gasteiger partial charge in [-0.15, -0.1) is 0 Å². The summed E-state index contributed by atoms with van der Waals surface area (Å²) in [5.41, 5.74) is 1.38. The number of benzene rings is 1. The van der Waals surface area contributed by atoms with Gasteiger partial charge >= 0.3 is 0 Å². The van der Waals surface area contributed by atoms with Crippen LogP contribution < -0.4 is 19.5 Å². The van der Waals surface area contributed by atoms with Gasteiger partial charge in [-0.25, -0.2) is 0 Å². The fourth-order valence-electron chi connectivity index (χ4n) is 2.05. The maximum absolute atomic E-state index is 11.9. The maximum atomic E-state index is 11.9. The van der Waals surface area contributed by atoms with Crippen LogP contribution in [0.2, 0.25) is 0 Å². The second kappa shape index (κ2) is 4.63. The van der Waals surface area contributed by atoms with E-state index in [0.29, 0.717) is 35.9 Å². The van der Waals surface area contributed by atoms with Crippen LogP contribution in [0.25, 0.3) is 0 Å². The van der Waals surface area contributed by atoms with E-state index in [1.165, 1.54) is 14.2 Å². The van der Waals surface area contributed by atoms with Crippen molar-refractivity contribution in [3.05, 3.63) is 17.2 Å². The lowest BCUT2D eigenvalue weighted by atomic mass is 9.97. The average Bonchev–Trinajstić information content (AvgIpc) is 2.37. The molecular weight excluding hydrogens is 222 g/mol. The molecular formula is C12H15NO4. The van der Waals surface area contributed by atoms with Crippen LogP contribution in [0.3, 0.4) is 0 Å². The van der Waals surface area contributed by atoms with E-state index < -0.39 is 0 Å². The molecule has 2 rings (SSSR count). The van der Waals surface area contributed by atoms with Crippen molar-refractivity contribution in [3.8, 4) is 17.2 Å². The Hall–Kier alpha value is -1.75. The van der Waals surface area contributed by atoms with Gasteiger partial charge in [0, 0.05) is 18.2 Å². The molecule has 1 aliphatic rings. The Morgan fingerprint density at radius 1 is 1.06 bits per heavy atom. The van der Waals surface area contributed by atoms with Gasteiger partial charge in [-0.3, -0.25) is 4.79 Å². The second-order valence-corrected chi connectivity index (χ2v) is 3.69. The Balaban J connectivity index is 2.71. The zero-order valence-corrected chi connectivity index (χ0v) is 10.1. The highest BCUT2D eigenvalue weighted by Gasteiger charge is 2.27. The van der Waals surface area contributed by atoms with Crippen molar-refractivity contribution in [2.45, 2.75) is 6.54 Å². The molecule has 0 bridgehead atoms. The number of ketones is 1.